The van der Waals surface area contributed by atoms with Crippen molar-refractivity contribution in [3.05, 3.63) is 63.6 Å². The summed E-state index contributed by atoms with van der Waals surface area (Å²) in [6, 6.07) is 12.1. The van der Waals surface area contributed by atoms with Crippen molar-refractivity contribution >= 4 is 35.3 Å². The topological polar surface area (TPSA) is 50.7 Å². The fourth-order valence-electron chi connectivity index (χ4n) is 1.77. The Bertz CT molecular complexity index is 700. The predicted molar refractivity (Wildman–Crippen MR) is 93.8 cm³/mol. The molecule has 0 saturated heterocycles. The van der Waals surface area contributed by atoms with Crippen LogP contribution in [0.2, 0.25) is 10.0 Å². The quantitative estimate of drug-likeness (QED) is 0.613. The summed E-state index contributed by atoms with van der Waals surface area (Å²) in [5.74, 6) is 0.416. The van der Waals surface area contributed by atoms with Gasteiger partial charge in [0.25, 0.3) is 5.91 Å². The zero-order chi connectivity index (χ0) is 16.7. The van der Waals surface area contributed by atoms with Crippen molar-refractivity contribution in [1.29, 1.82) is 0 Å². The number of hydrazone groups is 1. The maximum absolute atomic E-state index is 12.0. The highest BCUT2D eigenvalue weighted by molar-refractivity contribution is 6.43. The van der Waals surface area contributed by atoms with Gasteiger partial charge in [-0.15, -0.1) is 0 Å². The molecule has 4 nitrogen and oxygen atoms in total. The van der Waals surface area contributed by atoms with Crippen LogP contribution in [0.25, 0.3) is 0 Å². The molecule has 1 N–H and O–H groups in total. The Hall–Kier alpha value is -2.04. The Morgan fingerprint density at radius 2 is 1.96 bits per heavy atom. The van der Waals surface area contributed by atoms with Crippen molar-refractivity contribution in [3.8, 4) is 5.75 Å². The molecule has 0 aromatic heterocycles. The molecule has 2 aromatic rings. The second-order valence-corrected chi connectivity index (χ2v) is 5.50. The van der Waals surface area contributed by atoms with Gasteiger partial charge in [0.05, 0.1) is 22.9 Å². The normalized spacial score (nSPS) is 10.7. The van der Waals surface area contributed by atoms with Gasteiger partial charge < -0.3 is 4.74 Å². The number of rotatable bonds is 6. The summed E-state index contributed by atoms with van der Waals surface area (Å²) in [6.07, 6.45) is 2.38. The smallest absolute Gasteiger partial charge is 0.271 e. The van der Waals surface area contributed by atoms with Crippen molar-refractivity contribution in [1.82, 2.24) is 5.43 Å². The fraction of sp³-hybridized carbons (Fsp3) is 0.176. The van der Waals surface area contributed by atoms with Crippen molar-refractivity contribution in [2.45, 2.75) is 13.3 Å². The molecule has 2 rings (SSSR count). The molecule has 0 saturated carbocycles. The molecule has 0 radical (unpaired) electrons. The average Bonchev–Trinajstić information content (AvgIpc) is 2.57. The van der Waals surface area contributed by atoms with Gasteiger partial charge in [-0.2, -0.15) is 5.10 Å². The molecule has 120 valence electrons. The highest BCUT2D eigenvalue weighted by Crippen LogP contribution is 2.24. The summed E-state index contributed by atoms with van der Waals surface area (Å²) in [7, 11) is 0. The Balaban J connectivity index is 1.96. The van der Waals surface area contributed by atoms with Gasteiger partial charge in [0.15, 0.2) is 0 Å². The van der Waals surface area contributed by atoms with Crippen LogP contribution in [-0.2, 0) is 0 Å². The lowest BCUT2D eigenvalue weighted by Crippen LogP contribution is -2.17. The molecular weight excluding hydrogens is 335 g/mol. The minimum atomic E-state index is -0.318. The number of nitrogens with one attached hydrogen (secondary N) is 1. The number of ether oxygens (including phenoxy) is 1. The monoisotopic (exact) mass is 350 g/mol. The van der Waals surface area contributed by atoms with E-state index in [-0.39, 0.29) is 5.91 Å². The lowest BCUT2D eigenvalue weighted by atomic mass is 10.2. The number of amides is 1. The second kappa shape index (κ2) is 8.56. The molecule has 0 aliphatic rings. The van der Waals surface area contributed by atoms with E-state index in [4.69, 9.17) is 27.9 Å². The summed E-state index contributed by atoms with van der Waals surface area (Å²) < 4.78 is 5.46. The molecule has 0 aliphatic carbocycles. The fourth-order valence-corrected chi connectivity index (χ4v) is 2.12. The molecule has 0 spiro atoms. The molecule has 2 aromatic carbocycles. The molecule has 6 heteroatoms. The molecule has 0 atom stereocenters. The van der Waals surface area contributed by atoms with Crippen LogP contribution in [0.5, 0.6) is 5.75 Å². The maximum Gasteiger partial charge on any atom is 0.271 e. The summed E-state index contributed by atoms with van der Waals surface area (Å²) >= 11 is 11.9. The van der Waals surface area contributed by atoms with Crippen molar-refractivity contribution in [2.75, 3.05) is 6.61 Å². The van der Waals surface area contributed by atoms with E-state index in [1.165, 1.54) is 6.21 Å². The SMILES string of the molecule is CCCOc1ccc(C(=O)N/N=C\c2cccc(Cl)c2Cl)cc1. The maximum atomic E-state index is 12.0. The van der Waals surface area contributed by atoms with Crippen LogP contribution >= 0.6 is 23.2 Å². The van der Waals surface area contributed by atoms with E-state index in [1.54, 1.807) is 42.5 Å². The number of halogens is 2. The first-order valence-corrected chi connectivity index (χ1v) is 7.87. The van der Waals surface area contributed by atoms with Crippen LogP contribution < -0.4 is 10.2 Å². The number of nitrogens with zero attached hydrogens (tertiary/aromatic N) is 1. The molecular formula is C17H16Cl2N2O2. The van der Waals surface area contributed by atoms with Gasteiger partial charge >= 0.3 is 0 Å². The third kappa shape index (κ3) is 4.98. The summed E-state index contributed by atoms with van der Waals surface area (Å²) in [5, 5.41) is 4.72. The minimum Gasteiger partial charge on any atom is -0.494 e. The number of benzene rings is 2. The van der Waals surface area contributed by atoms with Crippen LogP contribution in [0.4, 0.5) is 0 Å². The summed E-state index contributed by atoms with van der Waals surface area (Å²) in [6.45, 7) is 2.68. The Morgan fingerprint density at radius 1 is 1.22 bits per heavy atom. The van der Waals surface area contributed by atoms with E-state index < -0.39 is 0 Å². The summed E-state index contributed by atoms with van der Waals surface area (Å²) in [4.78, 5) is 12.0. The van der Waals surface area contributed by atoms with Gasteiger partial charge in [0, 0.05) is 11.1 Å². The summed E-state index contributed by atoms with van der Waals surface area (Å²) in [5.41, 5.74) is 3.56. The third-order valence-corrected chi connectivity index (χ3v) is 3.77. The highest BCUT2D eigenvalue weighted by Gasteiger charge is 2.05. The van der Waals surface area contributed by atoms with Gasteiger partial charge in [-0.25, -0.2) is 5.43 Å². The standard InChI is InChI=1S/C17H16Cl2N2O2/c1-2-10-23-14-8-6-12(7-9-14)17(22)21-20-11-13-4-3-5-15(18)16(13)19/h3-9,11H,2,10H2,1H3,(H,21,22)/b20-11-. The van der Waals surface area contributed by atoms with E-state index >= 15 is 0 Å². The van der Waals surface area contributed by atoms with E-state index in [2.05, 4.69) is 10.5 Å². The van der Waals surface area contributed by atoms with E-state index in [0.29, 0.717) is 27.8 Å². The first-order chi connectivity index (χ1) is 11.1. The van der Waals surface area contributed by atoms with Gasteiger partial charge in [-0.3, -0.25) is 4.79 Å². The molecule has 23 heavy (non-hydrogen) atoms. The van der Waals surface area contributed by atoms with Crippen LogP contribution in [0.15, 0.2) is 47.6 Å². The Labute approximate surface area is 145 Å². The van der Waals surface area contributed by atoms with Gasteiger partial charge in [-0.1, -0.05) is 42.3 Å². The van der Waals surface area contributed by atoms with Crippen molar-refractivity contribution in [3.63, 3.8) is 0 Å². The molecule has 0 heterocycles. The zero-order valence-electron chi connectivity index (χ0n) is 12.6. The van der Waals surface area contributed by atoms with Crippen LogP contribution in [-0.4, -0.2) is 18.7 Å². The van der Waals surface area contributed by atoms with Gasteiger partial charge in [0.1, 0.15) is 5.75 Å². The van der Waals surface area contributed by atoms with Crippen molar-refractivity contribution < 1.29 is 9.53 Å². The van der Waals surface area contributed by atoms with Crippen LogP contribution in [0, 0.1) is 0 Å². The van der Waals surface area contributed by atoms with Crippen LogP contribution in [0.3, 0.4) is 0 Å². The second-order valence-electron chi connectivity index (χ2n) is 4.72. The molecule has 0 bridgehead atoms. The third-order valence-electron chi connectivity index (χ3n) is 2.94. The first-order valence-electron chi connectivity index (χ1n) is 7.12. The van der Waals surface area contributed by atoms with E-state index in [1.807, 2.05) is 6.92 Å². The van der Waals surface area contributed by atoms with Gasteiger partial charge in [-0.05, 0) is 36.8 Å². The minimum absolute atomic E-state index is 0.318. The Morgan fingerprint density at radius 3 is 2.65 bits per heavy atom. The Kier molecular flexibility index (Phi) is 6.44. The predicted octanol–water partition coefficient (Wildman–Crippen LogP) is 4.55. The number of hydrogen-bond donors (Lipinski definition) is 1. The molecule has 0 aliphatic heterocycles. The lowest BCUT2D eigenvalue weighted by Gasteiger charge is -2.05. The lowest BCUT2D eigenvalue weighted by molar-refractivity contribution is 0.0955. The van der Waals surface area contributed by atoms with E-state index in [0.717, 1.165) is 12.2 Å². The first kappa shape index (κ1) is 17.3. The average molecular weight is 351 g/mol. The molecule has 0 fully saturated rings. The number of hydrogen-bond acceptors (Lipinski definition) is 3. The molecule has 0 unspecified atom stereocenters. The number of carbonyl (C=O) groups excluding carboxylic acids is 1. The largest absolute Gasteiger partial charge is 0.494 e. The van der Waals surface area contributed by atoms with E-state index in [9.17, 15) is 4.79 Å². The number of carbonyl (C=O) groups is 1. The van der Waals surface area contributed by atoms with Crippen LogP contribution in [0.1, 0.15) is 29.3 Å². The van der Waals surface area contributed by atoms with Gasteiger partial charge in [0.2, 0.25) is 0 Å². The molecule has 1 amide bonds. The highest BCUT2D eigenvalue weighted by atomic mass is 35.5. The van der Waals surface area contributed by atoms with Crippen molar-refractivity contribution in [2.24, 2.45) is 5.10 Å². The zero-order valence-corrected chi connectivity index (χ0v) is 14.1.